The quantitative estimate of drug-likeness (QED) is 0.635. The van der Waals surface area contributed by atoms with Crippen molar-refractivity contribution in [2.75, 3.05) is 0 Å². The number of aromatic nitrogens is 1. The van der Waals surface area contributed by atoms with E-state index in [4.69, 9.17) is 4.74 Å². The first-order valence-corrected chi connectivity index (χ1v) is 9.45. The van der Waals surface area contributed by atoms with Crippen molar-refractivity contribution in [2.45, 2.75) is 45.1 Å². The molecule has 0 radical (unpaired) electrons. The number of fused-ring (bicyclic) bond motifs is 3. The van der Waals surface area contributed by atoms with Crippen LogP contribution in [0.2, 0.25) is 0 Å². The number of allylic oxidation sites excluding steroid dienone is 1. The van der Waals surface area contributed by atoms with Gasteiger partial charge >= 0.3 is 0 Å². The topological polar surface area (TPSA) is 51.5 Å². The van der Waals surface area contributed by atoms with Gasteiger partial charge in [-0.05, 0) is 30.9 Å². The highest BCUT2D eigenvalue weighted by Crippen LogP contribution is 2.51. The summed E-state index contributed by atoms with van der Waals surface area (Å²) in [5, 5.41) is 10.3. The van der Waals surface area contributed by atoms with Gasteiger partial charge in [-0.15, -0.1) is 0 Å². The van der Waals surface area contributed by atoms with Gasteiger partial charge in [0.25, 0.3) is 5.56 Å². The van der Waals surface area contributed by atoms with Crippen LogP contribution in [0.25, 0.3) is 11.1 Å². The Hall–Kier alpha value is -2.49. The van der Waals surface area contributed by atoms with E-state index in [-0.39, 0.29) is 23.5 Å². The molecule has 136 valence electrons. The Balaban J connectivity index is 1.97. The third-order valence-electron chi connectivity index (χ3n) is 5.93. The lowest BCUT2D eigenvalue weighted by Crippen LogP contribution is -2.43. The minimum Gasteiger partial charge on any atom is -0.485 e. The van der Waals surface area contributed by atoms with E-state index in [1.807, 2.05) is 43.3 Å². The molecule has 1 aliphatic carbocycles. The highest BCUT2D eigenvalue weighted by atomic mass is 16.5. The Morgan fingerprint density at radius 3 is 2.73 bits per heavy atom. The predicted octanol–water partition coefficient (Wildman–Crippen LogP) is 4.61. The van der Waals surface area contributed by atoms with Crippen LogP contribution in [0.15, 0.2) is 53.5 Å². The molecule has 1 aliphatic heterocycles. The van der Waals surface area contributed by atoms with Crippen LogP contribution in [0.4, 0.5) is 0 Å². The first-order chi connectivity index (χ1) is 12.6. The molecule has 0 amide bonds. The molecule has 4 nitrogen and oxygen atoms in total. The SMILES string of the molecule is CC=CC1Oc2c(-c3ccccc3)cn(O)c(=O)c2C2C(C)CCCC12. The summed E-state index contributed by atoms with van der Waals surface area (Å²) in [6.45, 7) is 4.22. The average Bonchev–Trinajstić information content (AvgIpc) is 2.66. The van der Waals surface area contributed by atoms with Crippen LogP contribution in [0.1, 0.15) is 44.6 Å². The molecular weight excluding hydrogens is 326 g/mol. The number of hydrogen-bond acceptors (Lipinski definition) is 3. The van der Waals surface area contributed by atoms with E-state index in [0.717, 1.165) is 35.1 Å². The van der Waals surface area contributed by atoms with Gasteiger partial charge in [-0.3, -0.25) is 4.79 Å². The zero-order chi connectivity index (χ0) is 18.3. The number of benzene rings is 1. The second kappa shape index (κ2) is 6.67. The van der Waals surface area contributed by atoms with E-state index in [9.17, 15) is 10.0 Å². The van der Waals surface area contributed by atoms with Gasteiger partial charge in [-0.2, -0.15) is 4.73 Å². The van der Waals surface area contributed by atoms with Gasteiger partial charge < -0.3 is 9.94 Å². The van der Waals surface area contributed by atoms with Crippen LogP contribution >= 0.6 is 0 Å². The maximum atomic E-state index is 12.9. The van der Waals surface area contributed by atoms with E-state index >= 15 is 0 Å². The van der Waals surface area contributed by atoms with Crippen molar-refractivity contribution >= 4 is 0 Å². The molecule has 4 atom stereocenters. The van der Waals surface area contributed by atoms with E-state index in [1.165, 1.54) is 6.20 Å². The summed E-state index contributed by atoms with van der Waals surface area (Å²) in [6.07, 6.45) is 8.89. The van der Waals surface area contributed by atoms with Crippen molar-refractivity contribution in [1.29, 1.82) is 0 Å². The van der Waals surface area contributed by atoms with Crippen molar-refractivity contribution in [3.8, 4) is 16.9 Å². The molecule has 1 aromatic carbocycles. The van der Waals surface area contributed by atoms with Gasteiger partial charge in [-0.25, -0.2) is 0 Å². The van der Waals surface area contributed by atoms with Gasteiger partial charge in [0.2, 0.25) is 0 Å². The van der Waals surface area contributed by atoms with Crippen molar-refractivity contribution < 1.29 is 9.94 Å². The van der Waals surface area contributed by atoms with Gasteiger partial charge in [0.15, 0.2) is 0 Å². The van der Waals surface area contributed by atoms with E-state index in [0.29, 0.717) is 17.2 Å². The molecule has 2 aromatic rings. The van der Waals surface area contributed by atoms with Crippen LogP contribution in [0.5, 0.6) is 5.75 Å². The molecule has 1 N–H and O–H groups in total. The average molecular weight is 351 g/mol. The number of hydrogen-bond donors (Lipinski definition) is 1. The number of rotatable bonds is 2. The van der Waals surface area contributed by atoms with Gasteiger partial charge in [0.05, 0.1) is 11.8 Å². The Morgan fingerprint density at radius 1 is 1.23 bits per heavy atom. The number of nitrogens with zero attached hydrogens (tertiary/aromatic N) is 1. The summed E-state index contributed by atoms with van der Waals surface area (Å²) < 4.78 is 7.14. The molecule has 2 heterocycles. The van der Waals surface area contributed by atoms with E-state index in [2.05, 4.69) is 13.0 Å². The fourth-order valence-electron chi connectivity index (χ4n) is 4.77. The maximum Gasteiger partial charge on any atom is 0.290 e. The lowest BCUT2D eigenvalue weighted by molar-refractivity contribution is 0.0738. The van der Waals surface area contributed by atoms with Gasteiger partial charge in [0.1, 0.15) is 11.9 Å². The molecule has 4 rings (SSSR count). The second-order valence-electron chi connectivity index (χ2n) is 7.51. The van der Waals surface area contributed by atoms with Crippen molar-refractivity contribution in [1.82, 2.24) is 4.73 Å². The third kappa shape index (κ3) is 2.64. The molecule has 1 fully saturated rings. The van der Waals surface area contributed by atoms with E-state index in [1.54, 1.807) is 0 Å². The molecular formula is C22H25NO3. The highest BCUT2D eigenvalue weighted by molar-refractivity contribution is 5.72. The molecule has 4 heteroatoms. The van der Waals surface area contributed by atoms with Crippen molar-refractivity contribution in [3.63, 3.8) is 0 Å². The Labute approximate surface area is 153 Å². The Morgan fingerprint density at radius 2 is 2.00 bits per heavy atom. The molecule has 2 aliphatic rings. The van der Waals surface area contributed by atoms with E-state index < -0.39 is 0 Å². The first-order valence-electron chi connectivity index (χ1n) is 9.45. The first kappa shape index (κ1) is 17.0. The van der Waals surface area contributed by atoms with Crippen LogP contribution in [-0.2, 0) is 0 Å². The van der Waals surface area contributed by atoms with Crippen LogP contribution in [-0.4, -0.2) is 16.0 Å². The van der Waals surface area contributed by atoms with Crippen LogP contribution in [0, 0.1) is 11.8 Å². The number of pyridine rings is 1. The Bertz CT molecular complexity index is 884. The van der Waals surface area contributed by atoms with Crippen LogP contribution in [0.3, 0.4) is 0 Å². The van der Waals surface area contributed by atoms with Crippen LogP contribution < -0.4 is 10.3 Å². The molecule has 1 saturated carbocycles. The van der Waals surface area contributed by atoms with Gasteiger partial charge in [0, 0.05) is 17.4 Å². The molecule has 1 aromatic heterocycles. The summed E-state index contributed by atoms with van der Waals surface area (Å²) in [6, 6.07) is 9.81. The minimum atomic E-state index is -0.345. The summed E-state index contributed by atoms with van der Waals surface area (Å²) in [5.41, 5.74) is 2.01. The summed E-state index contributed by atoms with van der Waals surface area (Å²) in [5.74, 6) is 1.43. The fourth-order valence-corrected chi connectivity index (χ4v) is 4.77. The summed E-state index contributed by atoms with van der Waals surface area (Å²) in [4.78, 5) is 12.9. The molecule has 0 saturated heterocycles. The zero-order valence-corrected chi connectivity index (χ0v) is 15.3. The van der Waals surface area contributed by atoms with Crippen molar-refractivity contribution in [3.05, 3.63) is 64.6 Å². The smallest absolute Gasteiger partial charge is 0.290 e. The normalized spacial score (nSPS) is 27.6. The lowest BCUT2D eigenvalue weighted by Gasteiger charge is -2.44. The molecule has 0 spiro atoms. The molecule has 26 heavy (non-hydrogen) atoms. The number of ether oxygens (including phenoxy) is 1. The second-order valence-corrected chi connectivity index (χ2v) is 7.51. The minimum absolute atomic E-state index is 0.0309. The van der Waals surface area contributed by atoms with Crippen molar-refractivity contribution in [2.24, 2.45) is 11.8 Å². The summed E-state index contributed by atoms with van der Waals surface area (Å²) >= 11 is 0. The molecule has 0 bridgehead atoms. The predicted molar refractivity (Wildman–Crippen MR) is 102 cm³/mol. The molecule has 4 unspecified atom stereocenters. The van der Waals surface area contributed by atoms with Gasteiger partial charge in [-0.1, -0.05) is 56.2 Å². The largest absolute Gasteiger partial charge is 0.485 e. The summed E-state index contributed by atoms with van der Waals surface area (Å²) in [7, 11) is 0. The highest BCUT2D eigenvalue weighted by Gasteiger charge is 2.44. The standard InChI is InChI=1S/C22H25NO3/c1-3-8-18-16-12-7-9-14(2)19(16)20-21(26-18)17(13-23(25)22(20)24)15-10-5-4-6-11-15/h3-6,8,10-11,13-14,16,18-19,25H,7,9,12H2,1-2H3. The zero-order valence-electron chi connectivity index (χ0n) is 15.3. The monoisotopic (exact) mass is 351 g/mol. The lowest BCUT2D eigenvalue weighted by atomic mass is 9.66. The Kier molecular flexibility index (Phi) is 4.35. The maximum absolute atomic E-state index is 12.9. The third-order valence-corrected chi connectivity index (χ3v) is 5.93. The fraction of sp³-hybridized carbons (Fsp3) is 0.409.